The van der Waals surface area contributed by atoms with Crippen LogP contribution in [0, 0.1) is 12.7 Å². The number of nitrogens with one attached hydrogen (secondary N) is 1. The van der Waals surface area contributed by atoms with Gasteiger partial charge in [0.1, 0.15) is 23.3 Å². The number of aryl methyl sites for hydroxylation is 1. The quantitative estimate of drug-likeness (QED) is 0.165. The highest BCUT2D eigenvalue weighted by atomic mass is 32.2. The largest absolute Gasteiger partial charge is 0.444 e. The van der Waals surface area contributed by atoms with Crippen molar-refractivity contribution in [1.82, 2.24) is 19.9 Å². The predicted octanol–water partition coefficient (Wildman–Crippen LogP) is 7.65. The average molecular weight is 718 g/mol. The topological polar surface area (TPSA) is 124 Å². The number of aromatic nitrogens is 3. The Labute approximate surface area is 288 Å². The Hall–Kier alpha value is -4.53. The van der Waals surface area contributed by atoms with E-state index in [1.165, 1.54) is 23.4 Å². The molecule has 0 bridgehead atoms. The minimum atomic E-state index is -4.08. The molecule has 5 rings (SSSR count). The first-order chi connectivity index (χ1) is 23.4. The number of carbonyl (C=O) groups is 1. The molecule has 2 aromatic carbocycles. The highest BCUT2D eigenvalue weighted by Gasteiger charge is 2.33. The van der Waals surface area contributed by atoms with Gasteiger partial charge in [0.2, 0.25) is 17.8 Å². The molecule has 0 aliphatic carbocycles. The van der Waals surface area contributed by atoms with E-state index in [9.17, 15) is 26.4 Å². The molecule has 1 aliphatic heterocycles. The van der Waals surface area contributed by atoms with Gasteiger partial charge in [-0.1, -0.05) is 12.1 Å². The van der Waals surface area contributed by atoms with Gasteiger partial charge in [0.25, 0.3) is 0 Å². The van der Waals surface area contributed by atoms with Crippen molar-refractivity contribution in [2.45, 2.75) is 77.0 Å². The molecule has 1 amide bonds. The Balaban J connectivity index is 1.41. The van der Waals surface area contributed by atoms with Gasteiger partial charge >= 0.3 is 6.09 Å². The third-order valence-corrected chi connectivity index (χ3v) is 9.46. The van der Waals surface area contributed by atoms with E-state index in [4.69, 9.17) is 9.47 Å². The molecule has 2 atom stereocenters. The van der Waals surface area contributed by atoms with Gasteiger partial charge in [-0.15, -0.1) is 0 Å². The number of piperidine rings is 1. The van der Waals surface area contributed by atoms with E-state index in [1.807, 2.05) is 0 Å². The number of benzene rings is 2. The molecule has 1 fully saturated rings. The van der Waals surface area contributed by atoms with Crippen molar-refractivity contribution >= 4 is 32.7 Å². The van der Waals surface area contributed by atoms with Crippen molar-refractivity contribution in [2.75, 3.05) is 24.2 Å². The Kier molecular flexibility index (Phi) is 10.6. The lowest BCUT2D eigenvalue weighted by Gasteiger charge is -2.36. The van der Waals surface area contributed by atoms with Gasteiger partial charge in [0.05, 0.1) is 29.3 Å². The van der Waals surface area contributed by atoms with E-state index in [2.05, 4.69) is 20.3 Å². The molecule has 0 saturated carbocycles. The van der Waals surface area contributed by atoms with Crippen molar-refractivity contribution in [3.63, 3.8) is 0 Å². The van der Waals surface area contributed by atoms with E-state index in [0.717, 1.165) is 6.07 Å². The Morgan fingerprint density at radius 1 is 1.02 bits per heavy atom. The summed E-state index contributed by atoms with van der Waals surface area (Å²) in [5.41, 5.74) is 0.624. The summed E-state index contributed by atoms with van der Waals surface area (Å²) in [6.07, 6.45) is 0.378. The number of amides is 1. The number of pyridine rings is 1. The fraction of sp³-hybridized carbons (Fsp3) is 0.429. The number of carbonyl (C=O) groups excluding carboxylic acids is 1. The van der Waals surface area contributed by atoms with Crippen molar-refractivity contribution < 1.29 is 40.2 Å². The van der Waals surface area contributed by atoms with Gasteiger partial charge in [0.15, 0.2) is 9.84 Å². The molecule has 0 spiro atoms. The Morgan fingerprint density at radius 3 is 2.48 bits per heavy atom. The van der Waals surface area contributed by atoms with Gasteiger partial charge in [0, 0.05) is 48.8 Å². The number of sulfone groups is 1. The number of anilines is 1. The number of fused-ring (bicyclic) bond motifs is 1. The third-order valence-electron chi connectivity index (χ3n) is 7.90. The van der Waals surface area contributed by atoms with Crippen LogP contribution in [0.2, 0.25) is 0 Å². The van der Waals surface area contributed by atoms with Gasteiger partial charge in [-0.05, 0) is 75.9 Å². The Morgan fingerprint density at radius 2 is 1.76 bits per heavy atom. The van der Waals surface area contributed by atoms with Crippen molar-refractivity contribution in [2.24, 2.45) is 0 Å². The summed E-state index contributed by atoms with van der Waals surface area (Å²) in [6, 6.07) is 10.3. The third kappa shape index (κ3) is 9.37. The maximum atomic E-state index is 15.1. The molecule has 50 heavy (non-hydrogen) atoms. The smallest absolute Gasteiger partial charge is 0.410 e. The summed E-state index contributed by atoms with van der Waals surface area (Å²) >= 11 is 0. The molecule has 10 nitrogen and oxygen atoms in total. The minimum absolute atomic E-state index is 0.0837. The molecule has 268 valence electrons. The van der Waals surface area contributed by atoms with Crippen LogP contribution in [0.25, 0.3) is 22.0 Å². The lowest BCUT2D eigenvalue weighted by atomic mass is 10.0. The lowest BCUT2D eigenvalue weighted by molar-refractivity contribution is 0.0123. The molecule has 1 N–H and O–H groups in total. The van der Waals surface area contributed by atoms with E-state index >= 15 is 4.39 Å². The van der Waals surface area contributed by atoms with Crippen molar-refractivity contribution in [3.8, 4) is 22.9 Å². The van der Waals surface area contributed by atoms with E-state index < -0.39 is 63.4 Å². The highest BCUT2D eigenvalue weighted by Crippen LogP contribution is 2.38. The zero-order valence-corrected chi connectivity index (χ0v) is 29.2. The number of hydrogen-bond acceptors (Lipinski definition) is 9. The summed E-state index contributed by atoms with van der Waals surface area (Å²) in [6.45, 7) is 7.71. The van der Waals surface area contributed by atoms with Crippen LogP contribution in [0.3, 0.4) is 0 Å². The highest BCUT2D eigenvalue weighted by molar-refractivity contribution is 7.90. The molecule has 15 heteroatoms. The fourth-order valence-corrected chi connectivity index (χ4v) is 7.12. The second-order valence-electron chi connectivity index (χ2n) is 13.5. The summed E-state index contributed by atoms with van der Waals surface area (Å²) in [4.78, 5) is 27.3. The number of nitrogens with zero attached hydrogens (tertiary/aromatic N) is 4. The first kappa shape index (κ1) is 36.7. The number of halogens is 4. The summed E-state index contributed by atoms with van der Waals surface area (Å²) in [7, 11) is -4.08. The van der Waals surface area contributed by atoms with Gasteiger partial charge < -0.3 is 19.7 Å². The van der Waals surface area contributed by atoms with Crippen LogP contribution in [0.15, 0.2) is 54.9 Å². The maximum Gasteiger partial charge on any atom is 0.410 e. The number of alkyl halides is 3. The van der Waals surface area contributed by atoms with Crippen LogP contribution in [0.4, 0.5) is 28.3 Å². The number of ether oxygens (including phenoxy) is 2. The SMILES string of the molecule is Cc1ccc2c(CS(=O)(=O)CCC(C)(F)F)c(F)ccc2c1Oc1ncccc1-c1ccnc(N[C@@H]2C[C@@H](F)CN(C(=O)OC(C)(C)C)C2)n1. The van der Waals surface area contributed by atoms with Crippen molar-refractivity contribution in [1.29, 1.82) is 0 Å². The zero-order valence-electron chi connectivity index (χ0n) is 28.3. The maximum absolute atomic E-state index is 15.1. The van der Waals surface area contributed by atoms with Gasteiger partial charge in [-0.2, -0.15) is 0 Å². The van der Waals surface area contributed by atoms with Crippen molar-refractivity contribution in [3.05, 3.63) is 71.8 Å². The molecule has 4 aromatic rings. The fourth-order valence-electron chi connectivity index (χ4n) is 5.57. The van der Waals surface area contributed by atoms with Crippen LogP contribution in [0.1, 0.15) is 51.7 Å². The normalized spacial score (nSPS) is 17.1. The van der Waals surface area contributed by atoms with Crippen LogP contribution in [-0.2, 0) is 20.3 Å². The standard InChI is InChI=1S/C35H39F4N5O5S/c1-21-8-9-24-25(10-11-28(37)27(24)20-50(46,47)16-13-35(5,38)39)30(21)48-31-26(7-6-14-40-31)29-12-15-41-32(43-29)42-23-17-22(36)18-44(19-23)33(45)49-34(2,3)4/h6-12,14-15,22-23H,13,16-20H2,1-5H3,(H,41,42,43)/t22-,23-/m1/s1. The molecule has 0 unspecified atom stereocenters. The first-order valence-electron chi connectivity index (χ1n) is 16.0. The molecular formula is C35H39F4N5O5S. The van der Waals surface area contributed by atoms with Crippen LogP contribution in [-0.4, -0.2) is 76.9 Å². The molecule has 2 aromatic heterocycles. The number of likely N-dealkylation sites (tertiary alicyclic amines) is 1. The summed E-state index contributed by atoms with van der Waals surface area (Å²) < 4.78 is 93.9. The van der Waals surface area contributed by atoms with Gasteiger partial charge in [-0.25, -0.2) is 45.7 Å². The van der Waals surface area contributed by atoms with Crippen LogP contribution in [0.5, 0.6) is 11.6 Å². The first-order valence-corrected chi connectivity index (χ1v) is 17.8. The molecule has 0 radical (unpaired) electrons. The van der Waals surface area contributed by atoms with Crippen LogP contribution < -0.4 is 10.1 Å². The Bertz CT molecular complexity index is 1980. The van der Waals surface area contributed by atoms with E-state index in [-0.39, 0.29) is 48.0 Å². The molecule has 1 saturated heterocycles. The zero-order chi connectivity index (χ0) is 36.4. The minimum Gasteiger partial charge on any atom is -0.444 e. The van der Waals surface area contributed by atoms with E-state index in [1.54, 1.807) is 58.0 Å². The monoisotopic (exact) mass is 717 g/mol. The second kappa shape index (κ2) is 14.4. The second-order valence-corrected chi connectivity index (χ2v) is 15.7. The lowest BCUT2D eigenvalue weighted by Crippen LogP contribution is -2.51. The summed E-state index contributed by atoms with van der Waals surface area (Å²) in [5, 5.41) is 3.77. The number of hydrogen-bond donors (Lipinski definition) is 1. The number of rotatable bonds is 10. The summed E-state index contributed by atoms with van der Waals surface area (Å²) in [5.74, 6) is -4.93. The molecular weight excluding hydrogens is 678 g/mol. The molecule has 1 aliphatic rings. The predicted molar refractivity (Wildman–Crippen MR) is 181 cm³/mol. The van der Waals surface area contributed by atoms with Crippen LogP contribution >= 0.6 is 0 Å². The average Bonchev–Trinajstić information content (AvgIpc) is 3.02. The van der Waals surface area contributed by atoms with Gasteiger partial charge in [-0.3, -0.25) is 0 Å². The molecule has 3 heterocycles. The van der Waals surface area contributed by atoms with E-state index in [0.29, 0.717) is 29.1 Å².